The van der Waals surface area contributed by atoms with Crippen molar-refractivity contribution in [1.82, 2.24) is 19.7 Å². The second-order valence-electron chi connectivity index (χ2n) is 7.41. The van der Waals surface area contributed by atoms with Gasteiger partial charge in [0.25, 0.3) is 5.91 Å². The molecule has 0 unspecified atom stereocenters. The number of carbonyl (C=O) groups is 1. The van der Waals surface area contributed by atoms with Gasteiger partial charge in [0.05, 0.1) is 10.2 Å². The van der Waals surface area contributed by atoms with Crippen molar-refractivity contribution >= 4 is 32.6 Å². The molecule has 0 bridgehead atoms. The van der Waals surface area contributed by atoms with Crippen molar-refractivity contribution < 1.29 is 4.79 Å². The molecule has 4 rings (SSSR count). The van der Waals surface area contributed by atoms with E-state index >= 15 is 0 Å². The van der Waals surface area contributed by atoms with E-state index in [1.807, 2.05) is 22.6 Å². The molecule has 6 nitrogen and oxygen atoms in total. The number of amides is 1. The van der Waals surface area contributed by atoms with Crippen LogP contribution in [0.4, 0.5) is 5.13 Å². The van der Waals surface area contributed by atoms with E-state index in [9.17, 15) is 4.79 Å². The highest BCUT2D eigenvalue weighted by Crippen LogP contribution is 2.31. The Labute approximate surface area is 163 Å². The molecule has 0 saturated carbocycles. The van der Waals surface area contributed by atoms with Crippen LogP contribution >= 0.6 is 11.3 Å². The van der Waals surface area contributed by atoms with Crippen LogP contribution in [0.2, 0.25) is 0 Å². The first-order valence-corrected chi connectivity index (χ1v) is 10.2. The molecule has 1 amide bonds. The number of aromatic nitrogens is 3. The Morgan fingerprint density at radius 1 is 1.15 bits per heavy atom. The Bertz CT molecular complexity index is 982. The SMILES string of the molecule is Cc1cccc2sc(N3CCN(C(=O)c4cc(C)n(C(C)C)n4)CC3)nc12. The molecule has 142 valence electrons. The topological polar surface area (TPSA) is 54.3 Å². The average molecular weight is 384 g/mol. The lowest BCUT2D eigenvalue weighted by atomic mass is 10.2. The van der Waals surface area contributed by atoms with Crippen LogP contribution in [-0.4, -0.2) is 51.8 Å². The third kappa shape index (κ3) is 3.32. The predicted octanol–water partition coefficient (Wildman–Crippen LogP) is 3.65. The maximum Gasteiger partial charge on any atom is 0.274 e. The molecule has 3 aromatic rings. The molecule has 7 heteroatoms. The monoisotopic (exact) mass is 383 g/mol. The third-order valence-electron chi connectivity index (χ3n) is 5.08. The van der Waals surface area contributed by atoms with Gasteiger partial charge in [-0.3, -0.25) is 9.48 Å². The minimum absolute atomic E-state index is 0.0253. The fraction of sp³-hybridized carbons (Fsp3) is 0.450. The van der Waals surface area contributed by atoms with E-state index in [-0.39, 0.29) is 11.9 Å². The number of thiazole rings is 1. The van der Waals surface area contributed by atoms with Gasteiger partial charge in [-0.15, -0.1) is 0 Å². The van der Waals surface area contributed by atoms with Crippen LogP contribution in [0.3, 0.4) is 0 Å². The minimum Gasteiger partial charge on any atom is -0.345 e. The van der Waals surface area contributed by atoms with E-state index in [1.54, 1.807) is 11.3 Å². The average Bonchev–Trinajstić information content (AvgIpc) is 3.26. The standard InChI is InChI=1S/C20H25N5OS/c1-13(2)25-15(4)12-16(22-25)19(26)23-8-10-24(11-9-23)20-21-18-14(3)6-5-7-17(18)27-20/h5-7,12-13H,8-11H2,1-4H3. The summed E-state index contributed by atoms with van der Waals surface area (Å²) in [6.45, 7) is 11.2. The van der Waals surface area contributed by atoms with Gasteiger partial charge in [0.1, 0.15) is 0 Å². The number of carbonyl (C=O) groups excluding carboxylic acids is 1. The molecule has 1 aromatic carbocycles. The highest BCUT2D eigenvalue weighted by Gasteiger charge is 2.26. The van der Waals surface area contributed by atoms with Crippen molar-refractivity contribution in [1.29, 1.82) is 0 Å². The molecule has 1 aliphatic heterocycles. The van der Waals surface area contributed by atoms with Crippen LogP contribution in [0.5, 0.6) is 0 Å². The van der Waals surface area contributed by atoms with E-state index in [2.05, 4.69) is 49.0 Å². The number of hydrogen-bond donors (Lipinski definition) is 0. The van der Waals surface area contributed by atoms with Crippen molar-refractivity contribution in [2.45, 2.75) is 33.7 Å². The summed E-state index contributed by atoms with van der Waals surface area (Å²) in [4.78, 5) is 21.8. The molecule has 0 aliphatic carbocycles. The van der Waals surface area contributed by atoms with Gasteiger partial charge in [-0.25, -0.2) is 4.98 Å². The number of hydrogen-bond acceptors (Lipinski definition) is 5. The molecule has 2 aromatic heterocycles. The molecule has 1 fully saturated rings. The van der Waals surface area contributed by atoms with Crippen molar-refractivity contribution in [3.63, 3.8) is 0 Å². The number of para-hydroxylation sites is 1. The number of anilines is 1. The van der Waals surface area contributed by atoms with Crippen molar-refractivity contribution in [3.8, 4) is 0 Å². The van der Waals surface area contributed by atoms with Crippen LogP contribution in [-0.2, 0) is 0 Å². The van der Waals surface area contributed by atoms with Crippen LogP contribution in [0.25, 0.3) is 10.2 Å². The van der Waals surface area contributed by atoms with Gasteiger partial charge in [0.15, 0.2) is 10.8 Å². The summed E-state index contributed by atoms with van der Waals surface area (Å²) in [6.07, 6.45) is 0. The number of benzene rings is 1. The minimum atomic E-state index is 0.0253. The van der Waals surface area contributed by atoms with Crippen LogP contribution in [0.1, 0.15) is 41.6 Å². The normalized spacial score (nSPS) is 15.1. The fourth-order valence-electron chi connectivity index (χ4n) is 3.59. The highest BCUT2D eigenvalue weighted by molar-refractivity contribution is 7.22. The number of fused-ring (bicyclic) bond motifs is 1. The number of rotatable bonds is 3. The van der Waals surface area contributed by atoms with Gasteiger partial charge in [-0.2, -0.15) is 5.10 Å². The van der Waals surface area contributed by atoms with E-state index in [1.165, 1.54) is 10.3 Å². The van der Waals surface area contributed by atoms with Crippen molar-refractivity contribution in [2.75, 3.05) is 31.1 Å². The zero-order chi connectivity index (χ0) is 19.1. The summed E-state index contributed by atoms with van der Waals surface area (Å²) in [6, 6.07) is 8.45. The summed E-state index contributed by atoms with van der Waals surface area (Å²) in [7, 11) is 0. The van der Waals surface area contributed by atoms with Crippen LogP contribution in [0.15, 0.2) is 24.3 Å². The summed E-state index contributed by atoms with van der Waals surface area (Å²) in [5, 5.41) is 5.55. The molecule has 3 heterocycles. The van der Waals surface area contributed by atoms with Gasteiger partial charge < -0.3 is 9.80 Å². The first kappa shape index (κ1) is 18.0. The summed E-state index contributed by atoms with van der Waals surface area (Å²) in [5.41, 5.74) is 3.87. The molecular weight excluding hydrogens is 358 g/mol. The Balaban J connectivity index is 1.46. The zero-order valence-corrected chi connectivity index (χ0v) is 17.1. The molecule has 1 aliphatic rings. The molecule has 0 radical (unpaired) electrons. The Morgan fingerprint density at radius 3 is 2.52 bits per heavy atom. The quantitative estimate of drug-likeness (QED) is 0.693. The molecule has 0 spiro atoms. The van der Waals surface area contributed by atoms with Gasteiger partial charge in [-0.1, -0.05) is 23.5 Å². The first-order valence-electron chi connectivity index (χ1n) is 9.40. The lowest BCUT2D eigenvalue weighted by Gasteiger charge is -2.34. The lowest BCUT2D eigenvalue weighted by molar-refractivity contribution is 0.0739. The summed E-state index contributed by atoms with van der Waals surface area (Å²) >= 11 is 1.73. The number of aryl methyl sites for hydroxylation is 2. The summed E-state index contributed by atoms with van der Waals surface area (Å²) in [5.74, 6) is 0.0253. The first-order chi connectivity index (χ1) is 12.9. The Hall–Kier alpha value is -2.41. The van der Waals surface area contributed by atoms with E-state index < -0.39 is 0 Å². The summed E-state index contributed by atoms with van der Waals surface area (Å²) < 4.78 is 3.13. The van der Waals surface area contributed by atoms with E-state index in [0.717, 1.165) is 29.4 Å². The van der Waals surface area contributed by atoms with E-state index in [0.29, 0.717) is 18.8 Å². The maximum atomic E-state index is 12.8. The second-order valence-corrected chi connectivity index (χ2v) is 8.42. The molecule has 27 heavy (non-hydrogen) atoms. The highest BCUT2D eigenvalue weighted by atomic mass is 32.1. The fourth-order valence-corrected chi connectivity index (χ4v) is 4.68. The second kappa shape index (κ2) is 6.96. The van der Waals surface area contributed by atoms with Crippen LogP contribution in [0, 0.1) is 13.8 Å². The number of nitrogens with zero attached hydrogens (tertiary/aromatic N) is 5. The van der Waals surface area contributed by atoms with Gasteiger partial charge in [0.2, 0.25) is 0 Å². The Morgan fingerprint density at radius 2 is 1.89 bits per heavy atom. The zero-order valence-electron chi connectivity index (χ0n) is 16.3. The molecule has 0 N–H and O–H groups in total. The largest absolute Gasteiger partial charge is 0.345 e. The smallest absolute Gasteiger partial charge is 0.274 e. The maximum absolute atomic E-state index is 12.8. The Kier molecular flexibility index (Phi) is 4.63. The predicted molar refractivity (Wildman–Crippen MR) is 110 cm³/mol. The van der Waals surface area contributed by atoms with Crippen molar-refractivity contribution in [2.24, 2.45) is 0 Å². The molecule has 0 atom stereocenters. The molecule has 1 saturated heterocycles. The van der Waals surface area contributed by atoms with Gasteiger partial charge >= 0.3 is 0 Å². The van der Waals surface area contributed by atoms with Gasteiger partial charge in [0, 0.05) is 37.9 Å². The molecular formula is C20H25N5OS. The van der Waals surface area contributed by atoms with E-state index in [4.69, 9.17) is 4.98 Å². The lowest BCUT2D eigenvalue weighted by Crippen LogP contribution is -2.48. The third-order valence-corrected chi connectivity index (χ3v) is 6.16. The number of piperazine rings is 1. The van der Waals surface area contributed by atoms with Crippen molar-refractivity contribution in [3.05, 3.63) is 41.2 Å². The van der Waals surface area contributed by atoms with Crippen LogP contribution < -0.4 is 4.90 Å². The van der Waals surface area contributed by atoms with Gasteiger partial charge in [-0.05, 0) is 45.4 Å².